The summed E-state index contributed by atoms with van der Waals surface area (Å²) in [6.07, 6.45) is 3.71. The molecule has 0 saturated carbocycles. The standard InChI is InChI=1S/C13H25N3O/c1-10(14-2)13(17)16-8-6-12-11(9-16)5-4-7-15(12)3/h10-12,14H,4-9H2,1-3H3. The van der Waals surface area contributed by atoms with Gasteiger partial charge in [-0.15, -0.1) is 0 Å². The number of rotatable bonds is 2. The zero-order valence-corrected chi connectivity index (χ0v) is 11.3. The quantitative estimate of drug-likeness (QED) is 0.764. The fourth-order valence-corrected chi connectivity index (χ4v) is 3.25. The third kappa shape index (κ3) is 2.63. The second-order valence-electron chi connectivity index (χ2n) is 5.53. The zero-order valence-electron chi connectivity index (χ0n) is 11.3. The number of fused-ring (bicyclic) bond motifs is 1. The van der Waals surface area contributed by atoms with E-state index in [0.717, 1.165) is 19.5 Å². The van der Waals surface area contributed by atoms with Crippen LogP contribution in [0.5, 0.6) is 0 Å². The van der Waals surface area contributed by atoms with Crippen LogP contribution >= 0.6 is 0 Å². The van der Waals surface area contributed by atoms with Crippen molar-refractivity contribution in [1.82, 2.24) is 15.1 Å². The molecule has 0 aromatic heterocycles. The topological polar surface area (TPSA) is 35.6 Å². The van der Waals surface area contributed by atoms with Crippen molar-refractivity contribution in [2.45, 2.75) is 38.3 Å². The molecule has 2 rings (SSSR count). The summed E-state index contributed by atoms with van der Waals surface area (Å²) in [5, 5.41) is 3.04. The predicted molar refractivity (Wildman–Crippen MR) is 68.9 cm³/mol. The first-order valence-corrected chi connectivity index (χ1v) is 6.79. The highest BCUT2D eigenvalue weighted by Gasteiger charge is 2.36. The van der Waals surface area contributed by atoms with E-state index in [1.807, 2.05) is 14.0 Å². The van der Waals surface area contributed by atoms with Crippen molar-refractivity contribution >= 4 is 5.91 Å². The lowest BCUT2D eigenvalue weighted by atomic mass is 9.84. The molecule has 2 heterocycles. The lowest BCUT2D eigenvalue weighted by molar-refractivity contribution is -0.136. The van der Waals surface area contributed by atoms with Gasteiger partial charge in [-0.25, -0.2) is 0 Å². The maximum atomic E-state index is 12.1. The molecule has 0 bridgehead atoms. The minimum Gasteiger partial charge on any atom is -0.341 e. The summed E-state index contributed by atoms with van der Waals surface area (Å²) in [6.45, 7) is 5.06. The summed E-state index contributed by atoms with van der Waals surface area (Å²) in [6, 6.07) is 0.658. The summed E-state index contributed by atoms with van der Waals surface area (Å²) >= 11 is 0. The van der Waals surface area contributed by atoms with E-state index in [1.54, 1.807) is 0 Å². The summed E-state index contributed by atoms with van der Waals surface area (Å²) in [4.78, 5) is 16.7. The van der Waals surface area contributed by atoms with Crippen LogP contribution in [0.25, 0.3) is 0 Å². The van der Waals surface area contributed by atoms with Crippen LogP contribution in [0.3, 0.4) is 0 Å². The van der Waals surface area contributed by atoms with Gasteiger partial charge < -0.3 is 15.1 Å². The molecule has 2 fully saturated rings. The molecule has 0 radical (unpaired) electrons. The average Bonchev–Trinajstić information content (AvgIpc) is 2.37. The third-order valence-corrected chi connectivity index (χ3v) is 4.46. The van der Waals surface area contributed by atoms with E-state index >= 15 is 0 Å². The molecule has 0 aromatic rings. The molecule has 1 N–H and O–H groups in total. The Morgan fingerprint density at radius 1 is 1.35 bits per heavy atom. The first-order chi connectivity index (χ1) is 8.13. The fourth-order valence-electron chi connectivity index (χ4n) is 3.25. The number of hydrogen-bond acceptors (Lipinski definition) is 3. The number of nitrogens with zero attached hydrogens (tertiary/aromatic N) is 2. The number of nitrogens with one attached hydrogen (secondary N) is 1. The van der Waals surface area contributed by atoms with E-state index in [0.29, 0.717) is 12.0 Å². The van der Waals surface area contributed by atoms with Crippen LogP contribution in [0, 0.1) is 5.92 Å². The van der Waals surface area contributed by atoms with Gasteiger partial charge in [-0.2, -0.15) is 0 Å². The number of hydrogen-bond donors (Lipinski definition) is 1. The Balaban J connectivity index is 1.95. The van der Waals surface area contributed by atoms with Crippen molar-refractivity contribution in [2.75, 3.05) is 33.7 Å². The van der Waals surface area contributed by atoms with Crippen LogP contribution in [0.4, 0.5) is 0 Å². The van der Waals surface area contributed by atoms with Gasteiger partial charge in [0, 0.05) is 19.1 Å². The van der Waals surface area contributed by atoms with Crippen LogP contribution in [0.15, 0.2) is 0 Å². The lowest BCUT2D eigenvalue weighted by Gasteiger charge is -2.46. The number of carbonyl (C=O) groups excluding carboxylic acids is 1. The van der Waals surface area contributed by atoms with Crippen LogP contribution < -0.4 is 5.32 Å². The van der Waals surface area contributed by atoms with Gasteiger partial charge in [0.2, 0.25) is 5.91 Å². The molecule has 0 aliphatic carbocycles. The number of piperidine rings is 2. The largest absolute Gasteiger partial charge is 0.341 e. The van der Waals surface area contributed by atoms with Gasteiger partial charge in [0.1, 0.15) is 0 Å². The van der Waals surface area contributed by atoms with E-state index in [-0.39, 0.29) is 11.9 Å². The second-order valence-corrected chi connectivity index (χ2v) is 5.53. The SMILES string of the molecule is CNC(C)C(=O)N1CCC2C(CCCN2C)C1. The fraction of sp³-hybridized carbons (Fsp3) is 0.923. The Hall–Kier alpha value is -0.610. The molecule has 98 valence electrons. The molecule has 17 heavy (non-hydrogen) atoms. The van der Waals surface area contributed by atoms with Crippen LogP contribution in [0.2, 0.25) is 0 Å². The van der Waals surface area contributed by atoms with Crippen molar-refractivity contribution in [1.29, 1.82) is 0 Å². The highest BCUT2D eigenvalue weighted by atomic mass is 16.2. The summed E-state index contributed by atoms with van der Waals surface area (Å²) in [5.41, 5.74) is 0. The Kier molecular flexibility index (Phi) is 4.05. The molecule has 3 unspecified atom stereocenters. The van der Waals surface area contributed by atoms with Gasteiger partial charge in [0.25, 0.3) is 0 Å². The summed E-state index contributed by atoms with van der Waals surface area (Å²) in [7, 11) is 4.08. The van der Waals surface area contributed by atoms with Crippen molar-refractivity contribution in [3.8, 4) is 0 Å². The minimum absolute atomic E-state index is 0.0483. The highest BCUT2D eigenvalue weighted by Crippen LogP contribution is 2.29. The Morgan fingerprint density at radius 3 is 2.82 bits per heavy atom. The maximum absolute atomic E-state index is 12.1. The van der Waals surface area contributed by atoms with Crippen LogP contribution in [-0.2, 0) is 4.79 Å². The normalized spacial score (nSPS) is 32.1. The molecule has 4 heteroatoms. The van der Waals surface area contributed by atoms with Gasteiger partial charge in [0.05, 0.1) is 6.04 Å². The average molecular weight is 239 g/mol. The van der Waals surface area contributed by atoms with E-state index < -0.39 is 0 Å². The molecular formula is C13H25N3O. The number of amides is 1. The van der Waals surface area contributed by atoms with Crippen LogP contribution in [0.1, 0.15) is 26.2 Å². The number of likely N-dealkylation sites (N-methyl/N-ethyl adjacent to an activating group) is 1. The summed E-state index contributed by atoms with van der Waals surface area (Å²) in [5.74, 6) is 0.953. The minimum atomic E-state index is -0.0483. The van der Waals surface area contributed by atoms with Gasteiger partial charge in [0.15, 0.2) is 0 Å². The monoisotopic (exact) mass is 239 g/mol. The first kappa shape index (κ1) is 12.8. The lowest BCUT2D eigenvalue weighted by Crippen LogP contribution is -2.56. The highest BCUT2D eigenvalue weighted by molar-refractivity contribution is 5.81. The van der Waals surface area contributed by atoms with Crippen LogP contribution in [-0.4, -0.2) is 61.5 Å². The molecule has 0 spiro atoms. The molecule has 2 aliphatic rings. The molecule has 0 aromatic carbocycles. The van der Waals surface area contributed by atoms with Crippen molar-refractivity contribution in [3.63, 3.8) is 0 Å². The van der Waals surface area contributed by atoms with Gasteiger partial charge >= 0.3 is 0 Å². The Morgan fingerprint density at radius 2 is 2.12 bits per heavy atom. The number of carbonyl (C=O) groups is 1. The van der Waals surface area contributed by atoms with E-state index in [2.05, 4.69) is 22.2 Å². The van der Waals surface area contributed by atoms with Gasteiger partial charge in [-0.05, 0) is 52.7 Å². The molecule has 3 atom stereocenters. The maximum Gasteiger partial charge on any atom is 0.239 e. The molecule has 4 nitrogen and oxygen atoms in total. The van der Waals surface area contributed by atoms with Gasteiger partial charge in [-0.1, -0.05) is 0 Å². The molecule has 1 amide bonds. The second kappa shape index (κ2) is 5.36. The van der Waals surface area contributed by atoms with Gasteiger partial charge in [-0.3, -0.25) is 4.79 Å². The third-order valence-electron chi connectivity index (χ3n) is 4.46. The summed E-state index contributed by atoms with van der Waals surface area (Å²) < 4.78 is 0. The van der Waals surface area contributed by atoms with E-state index in [1.165, 1.54) is 19.4 Å². The molecule has 2 aliphatic heterocycles. The smallest absolute Gasteiger partial charge is 0.239 e. The van der Waals surface area contributed by atoms with Crippen molar-refractivity contribution in [3.05, 3.63) is 0 Å². The van der Waals surface area contributed by atoms with E-state index in [9.17, 15) is 4.79 Å². The number of likely N-dealkylation sites (tertiary alicyclic amines) is 2. The molecular weight excluding hydrogens is 214 g/mol. The van der Waals surface area contributed by atoms with E-state index in [4.69, 9.17) is 0 Å². The zero-order chi connectivity index (χ0) is 12.4. The Labute approximate surface area is 104 Å². The Bertz CT molecular complexity index is 282. The molecule has 2 saturated heterocycles. The predicted octanol–water partition coefficient (Wildman–Crippen LogP) is 0.537. The first-order valence-electron chi connectivity index (χ1n) is 6.79. The van der Waals surface area contributed by atoms with Crippen molar-refractivity contribution < 1.29 is 4.79 Å². The van der Waals surface area contributed by atoms with Crippen molar-refractivity contribution in [2.24, 2.45) is 5.92 Å².